The third kappa shape index (κ3) is 24.2. The van der Waals surface area contributed by atoms with Gasteiger partial charge in [-0.15, -0.1) is 0 Å². The Balaban J connectivity index is 5.71. The first-order valence-electron chi connectivity index (χ1n) is 16.9. The van der Waals surface area contributed by atoms with Crippen molar-refractivity contribution in [2.45, 2.75) is 149 Å². The number of esters is 1. The van der Waals surface area contributed by atoms with Crippen LogP contribution in [0.1, 0.15) is 143 Å². The SMILES string of the molecule is CCC=CCCC(CCC=CCC)CC(OC(=O)CCCCN(C)C)C(CCC=CCCC)CCC=CCCC. The first kappa shape index (κ1) is 38.4. The van der Waals surface area contributed by atoms with Crippen LogP contribution in [-0.4, -0.2) is 37.6 Å². The maximum atomic E-state index is 13.1. The third-order valence-electron chi connectivity index (χ3n) is 7.55. The molecule has 0 aromatic carbocycles. The normalized spacial score (nSPS) is 14.8. The second kappa shape index (κ2) is 28.9. The van der Waals surface area contributed by atoms with Gasteiger partial charge in [-0.05, 0) is 129 Å². The molecule has 0 fully saturated rings. The number of nitrogens with zero attached hydrogens (tertiary/aromatic N) is 1. The average molecular weight is 558 g/mol. The maximum Gasteiger partial charge on any atom is 0.306 e. The molecule has 0 bridgehead atoms. The van der Waals surface area contributed by atoms with Crippen LogP contribution in [0, 0.1) is 11.8 Å². The van der Waals surface area contributed by atoms with E-state index in [1.807, 2.05) is 0 Å². The van der Waals surface area contributed by atoms with Crippen molar-refractivity contribution in [3.05, 3.63) is 48.6 Å². The summed E-state index contributed by atoms with van der Waals surface area (Å²) >= 11 is 0. The van der Waals surface area contributed by atoms with Gasteiger partial charge < -0.3 is 9.64 Å². The molecule has 0 aromatic rings. The van der Waals surface area contributed by atoms with Crippen LogP contribution in [0.5, 0.6) is 0 Å². The lowest BCUT2D eigenvalue weighted by atomic mass is 9.83. The highest BCUT2D eigenvalue weighted by atomic mass is 16.5. The molecule has 1 atom stereocenters. The second-order valence-corrected chi connectivity index (χ2v) is 11.7. The van der Waals surface area contributed by atoms with Crippen LogP contribution in [-0.2, 0) is 9.53 Å². The molecule has 0 aliphatic rings. The first-order valence-corrected chi connectivity index (χ1v) is 16.9. The highest BCUT2D eigenvalue weighted by Crippen LogP contribution is 2.31. The van der Waals surface area contributed by atoms with E-state index in [-0.39, 0.29) is 12.1 Å². The fraction of sp³-hybridized carbons (Fsp3) is 0.757. The van der Waals surface area contributed by atoms with Gasteiger partial charge in [0.05, 0.1) is 0 Å². The van der Waals surface area contributed by atoms with Gasteiger partial charge in [0.1, 0.15) is 6.10 Å². The molecule has 0 rings (SSSR count). The molecule has 0 spiro atoms. The van der Waals surface area contributed by atoms with Gasteiger partial charge in [-0.3, -0.25) is 4.79 Å². The summed E-state index contributed by atoms with van der Waals surface area (Å²) in [5, 5.41) is 0. The predicted molar refractivity (Wildman–Crippen MR) is 178 cm³/mol. The first-order chi connectivity index (χ1) is 19.5. The number of unbranched alkanes of at least 4 members (excludes halogenated alkanes) is 3. The van der Waals surface area contributed by atoms with Crippen LogP contribution in [0.4, 0.5) is 0 Å². The topological polar surface area (TPSA) is 29.5 Å². The molecule has 0 heterocycles. The fourth-order valence-electron chi connectivity index (χ4n) is 5.14. The molecular weight excluding hydrogens is 490 g/mol. The number of hydrogen-bond donors (Lipinski definition) is 0. The van der Waals surface area contributed by atoms with Crippen LogP contribution in [0.25, 0.3) is 0 Å². The predicted octanol–water partition coefficient (Wildman–Crippen LogP) is 11.0. The Bertz CT molecular complexity index is 638. The minimum Gasteiger partial charge on any atom is -0.462 e. The van der Waals surface area contributed by atoms with Gasteiger partial charge in [-0.2, -0.15) is 0 Å². The monoisotopic (exact) mass is 558 g/mol. The molecule has 0 aliphatic heterocycles. The van der Waals surface area contributed by atoms with Crippen molar-refractivity contribution >= 4 is 5.97 Å². The van der Waals surface area contributed by atoms with E-state index in [0.29, 0.717) is 18.3 Å². The van der Waals surface area contributed by atoms with Crippen LogP contribution in [0.3, 0.4) is 0 Å². The molecule has 232 valence electrons. The van der Waals surface area contributed by atoms with Gasteiger partial charge in [-0.25, -0.2) is 0 Å². The summed E-state index contributed by atoms with van der Waals surface area (Å²) in [6.07, 6.45) is 37.9. The van der Waals surface area contributed by atoms with E-state index in [2.05, 4.69) is 95.3 Å². The second-order valence-electron chi connectivity index (χ2n) is 11.7. The summed E-state index contributed by atoms with van der Waals surface area (Å²) in [6, 6.07) is 0. The van der Waals surface area contributed by atoms with E-state index in [0.717, 1.165) is 90.0 Å². The van der Waals surface area contributed by atoms with Gasteiger partial charge in [0.15, 0.2) is 0 Å². The van der Waals surface area contributed by atoms with Crippen LogP contribution in [0.15, 0.2) is 48.6 Å². The third-order valence-corrected chi connectivity index (χ3v) is 7.55. The summed E-state index contributed by atoms with van der Waals surface area (Å²) < 4.78 is 6.42. The van der Waals surface area contributed by atoms with Crippen LogP contribution >= 0.6 is 0 Å². The Kier molecular flexibility index (Phi) is 27.7. The zero-order valence-corrected chi connectivity index (χ0v) is 27.5. The minimum atomic E-state index is 0.00677. The Morgan fingerprint density at radius 3 is 1.60 bits per heavy atom. The molecule has 0 amide bonds. The van der Waals surface area contributed by atoms with E-state index in [4.69, 9.17) is 4.74 Å². The molecule has 40 heavy (non-hydrogen) atoms. The number of hydrogen-bond acceptors (Lipinski definition) is 3. The number of carbonyl (C=O) groups is 1. The summed E-state index contributed by atoms with van der Waals surface area (Å²) in [4.78, 5) is 15.3. The molecular formula is C37H67NO2. The standard InChI is InChI=1S/C37H67NO2/c1-7-11-15-19-23-29-35(30-24-20-16-12-8-2)36(40-37(39)31-25-26-32-38(5)6)33-34(27-21-17-13-9-3)28-22-18-14-10-4/h13-20,34-36H,7-12,21-33H2,1-6H3. The van der Waals surface area contributed by atoms with E-state index >= 15 is 0 Å². The van der Waals surface area contributed by atoms with Crippen LogP contribution in [0.2, 0.25) is 0 Å². The zero-order valence-electron chi connectivity index (χ0n) is 27.5. The van der Waals surface area contributed by atoms with E-state index in [1.54, 1.807) is 0 Å². The van der Waals surface area contributed by atoms with Crippen molar-refractivity contribution in [3.63, 3.8) is 0 Å². The quantitative estimate of drug-likeness (QED) is 0.0571. The molecule has 0 aliphatic carbocycles. The van der Waals surface area contributed by atoms with Gasteiger partial charge in [0, 0.05) is 6.42 Å². The number of carbonyl (C=O) groups excluding carboxylic acids is 1. The largest absolute Gasteiger partial charge is 0.462 e. The zero-order chi connectivity index (χ0) is 29.7. The molecule has 0 N–H and O–H groups in total. The number of rotatable bonds is 27. The van der Waals surface area contributed by atoms with Gasteiger partial charge in [0.25, 0.3) is 0 Å². The maximum absolute atomic E-state index is 13.1. The highest BCUT2D eigenvalue weighted by molar-refractivity contribution is 5.69. The lowest BCUT2D eigenvalue weighted by molar-refractivity contribution is -0.153. The van der Waals surface area contributed by atoms with Gasteiger partial charge in [0.2, 0.25) is 0 Å². The van der Waals surface area contributed by atoms with Gasteiger partial charge in [-0.1, -0.05) is 89.1 Å². The molecule has 0 radical (unpaired) electrons. The molecule has 3 nitrogen and oxygen atoms in total. The molecule has 1 unspecified atom stereocenters. The summed E-state index contributed by atoms with van der Waals surface area (Å²) in [6.45, 7) is 9.88. The summed E-state index contributed by atoms with van der Waals surface area (Å²) in [5.74, 6) is 0.985. The summed E-state index contributed by atoms with van der Waals surface area (Å²) in [7, 11) is 4.18. The lowest BCUT2D eigenvalue weighted by Gasteiger charge is -2.30. The smallest absolute Gasteiger partial charge is 0.306 e. The van der Waals surface area contributed by atoms with Gasteiger partial charge >= 0.3 is 5.97 Å². The van der Waals surface area contributed by atoms with Crippen molar-refractivity contribution in [3.8, 4) is 0 Å². The number of ether oxygens (including phenoxy) is 1. The van der Waals surface area contributed by atoms with E-state index in [1.165, 1.54) is 25.7 Å². The minimum absolute atomic E-state index is 0.00677. The lowest BCUT2D eigenvalue weighted by Crippen LogP contribution is -2.30. The average Bonchev–Trinajstić information content (AvgIpc) is 2.93. The van der Waals surface area contributed by atoms with Crippen molar-refractivity contribution in [2.75, 3.05) is 20.6 Å². The molecule has 0 saturated carbocycles. The molecule has 3 heteroatoms. The molecule has 0 aromatic heterocycles. The Morgan fingerprint density at radius 1 is 0.650 bits per heavy atom. The summed E-state index contributed by atoms with van der Waals surface area (Å²) in [5.41, 5.74) is 0. The van der Waals surface area contributed by atoms with Crippen molar-refractivity contribution in [1.82, 2.24) is 4.90 Å². The van der Waals surface area contributed by atoms with Crippen LogP contribution < -0.4 is 0 Å². The fourth-order valence-corrected chi connectivity index (χ4v) is 5.14. The van der Waals surface area contributed by atoms with Crippen molar-refractivity contribution < 1.29 is 9.53 Å². The highest BCUT2D eigenvalue weighted by Gasteiger charge is 2.27. The number of allylic oxidation sites excluding steroid dienone is 8. The Morgan fingerprint density at radius 2 is 1.12 bits per heavy atom. The molecule has 0 saturated heterocycles. The Labute approximate surface area is 250 Å². The van der Waals surface area contributed by atoms with Crippen molar-refractivity contribution in [1.29, 1.82) is 0 Å². The Hall–Kier alpha value is -1.61. The van der Waals surface area contributed by atoms with Crippen molar-refractivity contribution in [2.24, 2.45) is 11.8 Å². The van der Waals surface area contributed by atoms with E-state index in [9.17, 15) is 4.79 Å². The van der Waals surface area contributed by atoms with E-state index < -0.39 is 0 Å².